The minimum absolute atomic E-state index is 0.0104. The summed E-state index contributed by atoms with van der Waals surface area (Å²) in [7, 11) is 0. The lowest BCUT2D eigenvalue weighted by Gasteiger charge is -2.23. The molecule has 32 heavy (non-hydrogen) atoms. The Bertz CT molecular complexity index is 1010. The van der Waals surface area contributed by atoms with Gasteiger partial charge in [0.05, 0.1) is 5.56 Å². The van der Waals surface area contributed by atoms with Crippen molar-refractivity contribution in [2.75, 3.05) is 5.32 Å². The van der Waals surface area contributed by atoms with Crippen molar-refractivity contribution < 1.29 is 27.5 Å². The van der Waals surface area contributed by atoms with Gasteiger partial charge in [0.2, 0.25) is 5.91 Å². The van der Waals surface area contributed by atoms with Crippen LogP contribution in [0.1, 0.15) is 50.8 Å². The average Bonchev–Trinajstić information content (AvgIpc) is 2.77. The molecule has 172 valence electrons. The van der Waals surface area contributed by atoms with E-state index >= 15 is 0 Å². The zero-order chi connectivity index (χ0) is 23.7. The number of halogens is 3. The Kier molecular flexibility index (Phi) is 6.53. The second-order valence-electron chi connectivity index (χ2n) is 9.26. The van der Waals surface area contributed by atoms with Crippen molar-refractivity contribution in [1.82, 2.24) is 4.90 Å². The van der Waals surface area contributed by atoms with Gasteiger partial charge in [0.25, 0.3) is 5.91 Å². The molecule has 5 nitrogen and oxygen atoms in total. The highest BCUT2D eigenvalue weighted by Crippen LogP contribution is 2.32. The molecule has 0 unspecified atom stereocenters. The number of nitrogens with one attached hydrogen (secondary N) is 1. The highest BCUT2D eigenvalue weighted by atomic mass is 19.4. The first-order chi connectivity index (χ1) is 14.8. The van der Waals surface area contributed by atoms with Crippen LogP contribution in [-0.2, 0) is 28.9 Å². The van der Waals surface area contributed by atoms with Gasteiger partial charge >= 0.3 is 6.18 Å². The number of fused-ring (bicyclic) bond motifs is 1. The number of rotatable bonds is 4. The molecular weight excluding hydrogens is 421 g/mol. The smallest absolute Gasteiger partial charge is 0.416 e. The first-order valence-electron chi connectivity index (χ1n) is 10.4. The van der Waals surface area contributed by atoms with Gasteiger partial charge in [0, 0.05) is 30.8 Å². The van der Waals surface area contributed by atoms with Crippen LogP contribution in [-0.4, -0.2) is 22.8 Å². The van der Waals surface area contributed by atoms with Gasteiger partial charge in [-0.05, 0) is 48.2 Å². The molecular formula is C24H27F3N2O3. The molecule has 1 aliphatic rings. The van der Waals surface area contributed by atoms with Gasteiger partial charge in [-0.2, -0.15) is 13.2 Å². The molecule has 2 aromatic carbocycles. The number of hydrogen-bond acceptors (Lipinski definition) is 3. The van der Waals surface area contributed by atoms with Crippen molar-refractivity contribution in [3.8, 4) is 5.75 Å². The Labute approximate surface area is 185 Å². The quantitative estimate of drug-likeness (QED) is 0.682. The highest BCUT2D eigenvalue weighted by Gasteiger charge is 2.32. The van der Waals surface area contributed by atoms with E-state index in [0.29, 0.717) is 29.0 Å². The molecule has 0 aromatic heterocycles. The zero-order valence-corrected chi connectivity index (χ0v) is 18.5. The second-order valence-corrected chi connectivity index (χ2v) is 9.26. The number of amides is 2. The van der Waals surface area contributed by atoms with Crippen LogP contribution in [0.15, 0.2) is 42.5 Å². The van der Waals surface area contributed by atoms with E-state index in [0.717, 1.165) is 12.1 Å². The van der Waals surface area contributed by atoms with E-state index in [1.165, 1.54) is 11.0 Å². The van der Waals surface area contributed by atoms with Gasteiger partial charge in [-0.1, -0.05) is 32.9 Å². The van der Waals surface area contributed by atoms with Gasteiger partial charge in [-0.15, -0.1) is 0 Å². The molecule has 1 heterocycles. The lowest BCUT2D eigenvalue weighted by Crippen LogP contribution is -2.37. The molecule has 8 heteroatoms. The average molecular weight is 448 g/mol. The van der Waals surface area contributed by atoms with Crippen molar-refractivity contribution >= 4 is 17.5 Å². The van der Waals surface area contributed by atoms with Crippen LogP contribution in [0.3, 0.4) is 0 Å². The van der Waals surface area contributed by atoms with Crippen molar-refractivity contribution in [3.63, 3.8) is 0 Å². The monoisotopic (exact) mass is 448 g/mol. The fourth-order valence-electron chi connectivity index (χ4n) is 3.56. The van der Waals surface area contributed by atoms with Crippen LogP contribution in [0.25, 0.3) is 0 Å². The van der Waals surface area contributed by atoms with Crippen molar-refractivity contribution in [2.45, 2.75) is 59.5 Å². The molecule has 2 amide bonds. The van der Waals surface area contributed by atoms with Gasteiger partial charge in [-0.25, -0.2) is 0 Å². The van der Waals surface area contributed by atoms with Crippen LogP contribution < -0.4 is 10.1 Å². The van der Waals surface area contributed by atoms with Crippen LogP contribution in [0.5, 0.6) is 5.75 Å². The molecule has 2 aromatic rings. The van der Waals surface area contributed by atoms with Crippen molar-refractivity contribution in [2.24, 2.45) is 5.41 Å². The van der Waals surface area contributed by atoms with Crippen LogP contribution >= 0.6 is 0 Å². The van der Waals surface area contributed by atoms with Gasteiger partial charge in [-0.3, -0.25) is 9.59 Å². The summed E-state index contributed by atoms with van der Waals surface area (Å²) < 4.78 is 45.0. The predicted octanol–water partition coefficient (Wildman–Crippen LogP) is 5.39. The predicted molar refractivity (Wildman–Crippen MR) is 115 cm³/mol. The topological polar surface area (TPSA) is 58.6 Å². The Morgan fingerprint density at radius 3 is 2.53 bits per heavy atom. The van der Waals surface area contributed by atoms with Crippen LogP contribution in [0.4, 0.5) is 18.9 Å². The molecule has 1 aliphatic heterocycles. The summed E-state index contributed by atoms with van der Waals surface area (Å²) in [4.78, 5) is 26.6. The Morgan fingerprint density at radius 2 is 1.88 bits per heavy atom. The van der Waals surface area contributed by atoms with Gasteiger partial charge < -0.3 is 15.0 Å². The second kappa shape index (κ2) is 8.84. The lowest BCUT2D eigenvalue weighted by molar-refractivity contribution is -0.138. The van der Waals surface area contributed by atoms with E-state index < -0.39 is 17.8 Å². The molecule has 0 spiro atoms. The molecule has 0 radical (unpaired) electrons. The third kappa shape index (κ3) is 6.02. The number of nitrogens with zero attached hydrogens (tertiary/aromatic N) is 1. The van der Waals surface area contributed by atoms with Gasteiger partial charge in [0.1, 0.15) is 5.75 Å². The first-order valence-corrected chi connectivity index (χ1v) is 10.4. The number of ether oxygens (including phenoxy) is 1. The summed E-state index contributed by atoms with van der Waals surface area (Å²) in [5.41, 5.74) is 0.692. The molecule has 0 saturated heterocycles. The van der Waals surface area contributed by atoms with Crippen LogP contribution in [0, 0.1) is 5.41 Å². The van der Waals surface area contributed by atoms with Gasteiger partial charge in [0.15, 0.2) is 6.10 Å². The van der Waals surface area contributed by atoms with E-state index in [9.17, 15) is 22.8 Å². The molecule has 3 rings (SSSR count). The van der Waals surface area contributed by atoms with Crippen molar-refractivity contribution in [3.05, 3.63) is 59.2 Å². The standard InChI is InChI=1S/C24H27F3N2O3/c1-15-22(31)29(13-16-6-5-7-18(10-16)24(25,26)27)14-17-11-19(8-9-20(17)32-15)28-21(30)12-23(2,3)4/h5-11,15H,12-14H2,1-4H3,(H,28,30)/t15-/m0/s1. The summed E-state index contributed by atoms with van der Waals surface area (Å²) in [6, 6.07) is 10.1. The lowest BCUT2D eigenvalue weighted by atomic mass is 9.92. The maximum Gasteiger partial charge on any atom is 0.416 e. The minimum atomic E-state index is -4.46. The molecule has 1 N–H and O–H groups in total. The minimum Gasteiger partial charge on any atom is -0.481 e. The zero-order valence-electron chi connectivity index (χ0n) is 18.5. The number of benzene rings is 2. The third-order valence-electron chi connectivity index (χ3n) is 4.99. The summed E-state index contributed by atoms with van der Waals surface area (Å²) in [5.74, 6) is 0.0559. The molecule has 0 saturated carbocycles. The fraction of sp³-hybridized carbons (Fsp3) is 0.417. The number of hydrogen-bond donors (Lipinski definition) is 1. The van der Waals surface area contributed by atoms with Crippen LogP contribution in [0.2, 0.25) is 0 Å². The summed E-state index contributed by atoms with van der Waals surface area (Å²) in [5, 5.41) is 2.86. The third-order valence-corrected chi connectivity index (χ3v) is 4.99. The highest BCUT2D eigenvalue weighted by molar-refractivity contribution is 5.91. The molecule has 1 atom stereocenters. The number of anilines is 1. The Hall–Kier alpha value is -3.03. The maximum atomic E-state index is 13.1. The molecule has 0 bridgehead atoms. The van der Waals surface area contributed by atoms with Crippen molar-refractivity contribution in [1.29, 1.82) is 0 Å². The normalized spacial score (nSPS) is 16.8. The van der Waals surface area contributed by atoms with E-state index in [2.05, 4.69) is 5.32 Å². The largest absolute Gasteiger partial charge is 0.481 e. The first kappa shape index (κ1) is 23.6. The summed E-state index contributed by atoms with van der Waals surface area (Å²) in [6.45, 7) is 7.67. The Morgan fingerprint density at radius 1 is 1.16 bits per heavy atom. The number of carbonyl (C=O) groups excluding carboxylic acids is 2. The maximum absolute atomic E-state index is 13.1. The summed E-state index contributed by atoms with van der Waals surface area (Å²) in [6.07, 6.45) is -4.90. The molecule has 0 fully saturated rings. The number of carbonyl (C=O) groups is 2. The molecule has 0 aliphatic carbocycles. The van der Waals surface area contributed by atoms with E-state index in [4.69, 9.17) is 4.74 Å². The number of alkyl halides is 3. The summed E-state index contributed by atoms with van der Waals surface area (Å²) >= 11 is 0. The van der Waals surface area contributed by atoms with E-state index in [1.54, 1.807) is 31.2 Å². The fourth-order valence-corrected chi connectivity index (χ4v) is 3.56. The Balaban J connectivity index is 1.83. The SMILES string of the molecule is C[C@@H]1Oc2ccc(NC(=O)CC(C)(C)C)cc2CN(Cc2cccc(C(F)(F)F)c2)C1=O. The van der Waals surface area contributed by atoms with E-state index in [-0.39, 0.29) is 30.3 Å². The van der Waals surface area contributed by atoms with E-state index in [1.807, 2.05) is 20.8 Å².